The fourth-order valence-corrected chi connectivity index (χ4v) is 1.67. The molecule has 2 N–H and O–H groups in total. The molecule has 0 aliphatic carbocycles. The Morgan fingerprint density at radius 3 is 2.85 bits per heavy atom. The molecule has 1 rings (SSSR count). The molecule has 1 unspecified atom stereocenters. The van der Waals surface area contributed by atoms with Crippen LogP contribution in [0.2, 0.25) is 0 Å². The van der Waals surface area contributed by atoms with Gasteiger partial charge in [-0.15, -0.1) is 0 Å². The zero-order valence-electron chi connectivity index (χ0n) is 12.0. The Labute approximate surface area is 118 Å². The van der Waals surface area contributed by atoms with Crippen LogP contribution >= 0.6 is 0 Å². The molecule has 1 amide bonds. The first kappa shape index (κ1) is 16.4. The number of carbonyl (C=O) groups is 1. The van der Waals surface area contributed by atoms with Crippen molar-refractivity contribution in [1.29, 1.82) is 0 Å². The van der Waals surface area contributed by atoms with Crippen molar-refractivity contribution >= 4 is 5.91 Å². The highest BCUT2D eigenvalue weighted by Crippen LogP contribution is 2.23. The first-order valence-electron chi connectivity index (χ1n) is 6.45. The molecule has 1 aromatic rings. The number of methoxy groups -OCH3 is 1. The highest BCUT2D eigenvalue weighted by molar-refractivity contribution is 5.80. The fourth-order valence-electron chi connectivity index (χ4n) is 1.67. The Balaban J connectivity index is 2.69. The summed E-state index contributed by atoms with van der Waals surface area (Å²) in [6, 6.07) is 4.67. The summed E-state index contributed by atoms with van der Waals surface area (Å²) in [5, 5.41) is 5.58. The van der Waals surface area contributed by atoms with Crippen molar-refractivity contribution in [3.05, 3.63) is 29.6 Å². The lowest BCUT2D eigenvalue weighted by Gasteiger charge is -2.17. The van der Waals surface area contributed by atoms with Crippen LogP contribution in [0.4, 0.5) is 4.39 Å². The van der Waals surface area contributed by atoms with E-state index in [4.69, 9.17) is 9.47 Å². The SMILES string of the molecule is CNCc1cccc(F)c1OC(C)C(=O)NCCOC. The first-order chi connectivity index (χ1) is 9.60. The Kier molecular flexibility index (Phi) is 6.97. The number of carbonyl (C=O) groups excluding carboxylic acids is 1. The molecular weight excluding hydrogens is 263 g/mol. The topological polar surface area (TPSA) is 59.6 Å². The van der Waals surface area contributed by atoms with Gasteiger partial charge in [0.05, 0.1) is 6.61 Å². The van der Waals surface area contributed by atoms with Gasteiger partial charge in [-0.1, -0.05) is 12.1 Å². The molecule has 112 valence electrons. The predicted molar refractivity (Wildman–Crippen MR) is 74.1 cm³/mol. The molecule has 0 saturated carbocycles. The van der Waals surface area contributed by atoms with Gasteiger partial charge in [0.15, 0.2) is 17.7 Å². The third kappa shape index (κ3) is 4.79. The molecule has 0 aromatic heterocycles. The summed E-state index contributed by atoms with van der Waals surface area (Å²) in [6.07, 6.45) is -0.778. The van der Waals surface area contributed by atoms with Crippen LogP contribution in [0.3, 0.4) is 0 Å². The van der Waals surface area contributed by atoms with Crippen LogP contribution in [0, 0.1) is 5.82 Å². The van der Waals surface area contributed by atoms with Crippen molar-refractivity contribution in [2.24, 2.45) is 0 Å². The highest BCUT2D eigenvalue weighted by atomic mass is 19.1. The molecule has 0 aliphatic heterocycles. The molecule has 1 atom stereocenters. The number of ether oxygens (including phenoxy) is 2. The molecule has 0 saturated heterocycles. The van der Waals surface area contributed by atoms with E-state index in [1.807, 2.05) is 0 Å². The second-order valence-corrected chi connectivity index (χ2v) is 4.30. The van der Waals surface area contributed by atoms with E-state index in [2.05, 4.69) is 10.6 Å². The average molecular weight is 284 g/mol. The van der Waals surface area contributed by atoms with Gasteiger partial charge < -0.3 is 20.1 Å². The minimum Gasteiger partial charge on any atom is -0.477 e. The number of amides is 1. The maximum Gasteiger partial charge on any atom is 0.260 e. The quantitative estimate of drug-likeness (QED) is 0.701. The molecule has 0 spiro atoms. The van der Waals surface area contributed by atoms with E-state index < -0.39 is 11.9 Å². The molecule has 5 nitrogen and oxygen atoms in total. The van der Waals surface area contributed by atoms with Crippen LogP contribution < -0.4 is 15.4 Å². The summed E-state index contributed by atoms with van der Waals surface area (Å²) in [5.74, 6) is -0.675. The number of nitrogens with one attached hydrogen (secondary N) is 2. The summed E-state index contributed by atoms with van der Waals surface area (Å²) >= 11 is 0. The second kappa shape index (κ2) is 8.50. The summed E-state index contributed by atoms with van der Waals surface area (Å²) < 4.78 is 24.1. The monoisotopic (exact) mass is 284 g/mol. The van der Waals surface area contributed by atoms with Crippen molar-refractivity contribution in [3.63, 3.8) is 0 Å². The van der Waals surface area contributed by atoms with Crippen LogP contribution in [0.5, 0.6) is 5.75 Å². The third-order valence-corrected chi connectivity index (χ3v) is 2.69. The number of halogens is 1. The fraction of sp³-hybridized carbons (Fsp3) is 0.500. The Morgan fingerprint density at radius 2 is 2.20 bits per heavy atom. The second-order valence-electron chi connectivity index (χ2n) is 4.30. The van der Waals surface area contributed by atoms with Crippen LogP contribution in [0.25, 0.3) is 0 Å². The van der Waals surface area contributed by atoms with Crippen LogP contribution in [-0.2, 0) is 16.1 Å². The molecular formula is C14H21FN2O3. The lowest BCUT2D eigenvalue weighted by atomic mass is 10.2. The molecule has 0 bridgehead atoms. The molecule has 20 heavy (non-hydrogen) atoms. The smallest absolute Gasteiger partial charge is 0.260 e. The van der Waals surface area contributed by atoms with Gasteiger partial charge in [0, 0.05) is 25.8 Å². The summed E-state index contributed by atoms with van der Waals surface area (Å²) in [4.78, 5) is 11.8. The maximum atomic E-state index is 13.8. The minimum absolute atomic E-state index is 0.108. The van der Waals surface area contributed by atoms with E-state index in [1.165, 1.54) is 6.07 Å². The first-order valence-corrected chi connectivity index (χ1v) is 6.45. The number of para-hydroxylation sites is 1. The summed E-state index contributed by atoms with van der Waals surface area (Å²) in [7, 11) is 3.31. The van der Waals surface area contributed by atoms with E-state index in [0.29, 0.717) is 25.3 Å². The number of benzene rings is 1. The molecule has 1 aromatic carbocycles. The lowest BCUT2D eigenvalue weighted by Crippen LogP contribution is -2.38. The highest BCUT2D eigenvalue weighted by Gasteiger charge is 2.18. The molecule has 0 fully saturated rings. The number of hydrogen-bond acceptors (Lipinski definition) is 4. The molecule has 0 aliphatic rings. The lowest BCUT2D eigenvalue weighted by molar-refractivity contribution is -0.127. The van der Waals surface area contributed by atoms with Crippen molar-refractivity contribution in [3.8, 4) is 5.75 Å². The van der Waals surface area contributed by atoms with Crippen molar-refractivity contribution < 1.29 is 18.7 Å². The van der Waals surface area contributed by atoms with Crippen molar-refractivity contribution in [1.82, 2.24) is 10.6 Å². The standard InChI is InChI=1S/C14H21FN2O3/c1-10(14(18)17-7-8-19-3)20-13-11(9-16-2)5-4-6-12(13)15/h4-6,10,16H,7-9H2,1-3H3,(H,17,18). The van der Waals surface area contributed by atoms with Crippen molar-refractivity contribution in [2.75, 3.05) is 27.3 Å². The predicted octanol–water partition coefficient (Wildman–Crippen LogP) is 1.07. The van der Waals surface area contributed by atoms with Crippen LogP contribution in [-0.4, -0.2) is 39.3 Å². The average Bonchev–Trinajstić information content (AvgIpc) is 2.43. The number of hydrogen-bond donors (Lipinski definition) is 2. The minimum atomic E-state index is -0.778. The largest absolute Gasteiger partial charge is 0.477 e. The van der Waals surface area contributed by atoms with Gasteiger partial charge in [0.1, 0.15) is 0 Å². The third-order valence-electron chi connectivity index (χ3n) is 2.69. The van der Waals surface area contributed by atoms with E-state index in [0.717, 1.165) is 0 Å². The van der Waals surface area contributed by atoms with Gasteiger partial charge in [-0.2, -0.15) is 0 Å². The Morgan fingerprint density at radius 1 is 1.45 bits per heavy atom. The zero-order chi connectivity index (χ0) is 15.0. The number of rotatable bonds is 8. The Bertz CT molecular complexity index is 440. The zero-order valence-corrected chi connectivity index (χ0v) is 12.0. The molecule has 0 radical (unpaired) electrons. The van der Waals surface area contributed by atoms with Crippen LogP contribution in [0.15, 0.2) is 18.2 Å². The van der Waals surface area contributed by atoms with E-state index >= 15 is 0 Å². The van der Waals surface area contributed by atoms with Crippen molar-refractivity contribution in [2.45, 2.75) is 19.6 Å². The van der Waals surface area contributed by atoms with E-state index in [9.17, 15) is 9.18 Å². The van der Waals surface area contributed by atoms with Crippen LogP contribution in [0.1, 0.15) is 12.5 Å². The van der Waals surface area contributed by atoms with Gasteiger partial charge in [0.2, 0.25) is 0 Å². The Hall–Kier alpha value is -1.66. The van der Waals surface area contributed by atoms with Gasteiger partial charge in [-0.05, 0) is 20.0 Å². The van der Waals surface area contributed by atoms with E-state index in [-0.39, 0.29) is 11.7 Å². The maximum absolute atomic E-state index is 13.8. The normalized spacial score (nSPS) is 12.0. The van der Waals surface area contributed by atoms with Gasteiger partial charge in [-0.25, -0.2) is 4.39 Å². The molecule has 0 heterocycles. The summed E-state index contributed by atoms with van der Waals surface area (Å²) in [6.45, 7) is 2.86. The summed E-state index contributed by atoms with van der Waals surface area (Å²) in [5.41, 5.74) is 0.670. The van der Waals surface area contributed by atoms with Gasteiger partial charge in [0.25, 0.3) is 5.91 Å². The van der Waals surface area contributed by atoms with E-state index in [1.54, 1.807) is 33.2 Å². The van der Waals surface area contributed by atoms with Gasteiger partial charge >= 0.3 is 0 Å². The molecule has 6 heteroatoms. The van der Waals surface area contributed by atoms with Gasteiger partial charge in [-0.3, -0.25) is 4.79 Å².